The van der Waals surface area contributed by atoms with Crippen molar-refractivity contribution in [3.05, 3.63) is 0 Å². The van der Waals surface area contributed by atoms with Crippen molar-refractivity contribution in [2.24, 2.45) is 0 Å². The topological polar surface area (TPSA) is 287 Å². The Morgan fingerprint density at radius 1 is 0.533 bits per heavy atom. The zero-order valence-corrected chi connectivity index (χ0v) is 12.5. The van der Waals surface area contributed by atoms with Crippen LogP contribution in [0.15, 0.2) is 0 Å². The molecule has 0 aliphatic carbocycles. The molecule has 0 aromatic heterocycles. The molecule has 15 heavy (non-hydrogen) atoms. The molecule has 0 bridgehead atoms. The first kappa shape index (κ1) is 44.7. The van der Waals surface area contributed by atoms with Crippen molar-refractivity contribution in [3.63, 3.8) is 0 Å². The Kier molecular flexibility index (Phi) is 51.3. The van der Waals surface area contributed by atoms with E-state index in [-0.39, 0.29) is 48.1 Å². The molecule has 0 unspecified atom stereocenters. The molecule has 96 valence electrons. The van der Waals surface area contributed by atoms with E-state index in [0.717, 1.165) is 0 Å². The van der Waals surface area contributed by atoms with Crippen molar-refractivity contribution < 1.29 is 80.2 Å². The Bertz CT molecular complexity index is 210. The van der Waals surface area contributed by atoms with E-state index in [4.69, 9.17) is 32.1 Å². The molecule has 0 aromatic carbocycles. The molecule has 0 aromatic rings. The van der Waals surface area contributed by atoms with E-state index in [1.54, 1.807) is 0 Å². The summed E-state index contributed by atoms with van der Waals surface area (Å²) < 4.78 is 68.8. The molecule has 0 fully saturated rings. The van der Waals surface area contributed by atoms with Gasteiger partial charge in [0.25, 0.3) is 0 Å². The molecule has 0 aliphatic heterocycles. The largest absolute Gasteiger partial charge is 4.00 e. The molecule has 0 radical (unpaired) electrons. The molecule has 0 rings (SSSR count). The Morgan fingerprint density at radius 3 is 0.533 bits per heavy atom. The van der Waals surface area contributed by atoms with Crippen LogP contribution in [0.1, 0.15) is 0 Å². The fraction of sp³-hybridized carbons (Fsp3) is 0. The maximum absolute atomic E-state index is 8.59. The van der Waals surface area contributed by atoms with Gasteiger partial charge in [0.2, 0.25) is 0 Å². The first-order valence-electron chi connectivity index (χ1n) is 1.33. The van der Waals surface area contributed by atoms with E-state index in [0.29, 0.717) is 0 Å². The van der Waals surface area contributed by atoms with Crippen molar-refractivity contribution in [1.82, 2.24) is 0 Å². The van der Waals surface area contributed by atoms with E-state index >= 15 is 0 Å². The minimum absolute atomic E-state index is 0. The molecule has 0 spiro atoms. The fourth-order valence-electron chi connectivity index (χ4n) is 0. The maximum Gasteiger partial charge on any atom is 4.00 e. The Morgan fingerprint density at radius 2 is 0.533 bits per heavy atom. The monoisotopic (exact) mass is 450 g/mol. The summed E-state index contributed by atoms with van der Waals surface area (Å²) in [6.07, 6.45) is 0. The van der Waals surface area contributed by atoms with Gasteiger partial charge in [0.1, 0.15) is 0 Å². The minimum atomic E-state index is -5.75. The quantitative estimate of drug-likeness (QED) is 0.319. The second-order valence-electron chi connectivity index (χ2n) is 0.816. The van der Waals surface area contributed by atoms with Crippen LogP contribution in [0.25, 0.3) is 0 Å². The normalized spacial score (nSPS) is 7.73. The molecule has 8 N–H and O–H groups in total. The fourth-order valence-corrected chi connectivity index (χ4v) is 0. The van der Waals surface area contributed by atoms with Crippen LogP contribution in [-0.4, -0.2) is 48.6 Å². The summed E-state index contributed by atoms with van der Waals surface area (Å²) in [5, 5.41) is 0. The first-order chi connectivity index (χ1) is 4.00. The Labute approximate surface area is 106 Å². The van der Waals surface area contributed by atoms with Crippen molar-refractivity contribution in [1.29, 1.82) is 0 Å². The molecule has 0 saturated heterocycles. The summed E-state index contributed by atoms with van der Waals surface area (Å²) >= 11 is -11.5. The van der Waals surface area contributed by atoms with E-state index < -0.39 is 26.7 Å². The molecule has 12 nitrogen and oxygen atoms in total. The summed E-state index contributed by atoms with van der Waals surface area (Å²) in [4.78, 5) is 0. The van der Waals surface area contributed by atoms with Crippen LogP contribution in [-0.2, 0) is 41.5 Å². The van der Waals surface area contributed by atoms with E-state index in [1.807, 2.05) is 0 Å². The van der Waals surface area contributed by atoms with Crippen LogP contribution >= 0.6 is 0 Å². The molecule has 0 heterocycles. The predicted molar refractivity (Wildman–Crippen MR) is 28.7 cm³/mol. The first-order valence-corrected chi connectivity index (χ1v) is 6.93. The van der Waals surface area contributed by atoms with Gasteiger partial charge in [-0.3, -0.25) is 0 Å². The summed E-state index contributed by atoms with van der Waals surface area (Å²) in [6.45, 7) is 0. The second-order valence-corrected chi connectivity index (χ2v) is 4.24. The van der Waals surface area contributed by atoms with Gasteiger partial charge in [-0.05, 0) is 0 Å². The molecule has 0 atom stereocenters. The van der Waals surface area contributed by atoms with Crippen LogP contribution in [0.4, 0.5) is 0 Å². The van der Waals surface area contributed by atoms with Gasteiger partial charge < -0.3 is 21.9 Å². The van der Waals surface area contributed by atoms with E-state index in [1.165, 1.54) is 0 Å². The third-order valence-electron chi connectivity index (χ3n) is 0. The Balaban J connectivity index is -0.0000000128. The van der Waals surface area contributed by atoms with Gasteiger partial charge in [0.05, 0.1) is 0 Å². The van der Waals surface area contributed by atoms with Crippen molar-refractivity contribution in [2.75, 3.05) is 0 Å². The van der Waals surface area contributed by atoms with Crippen LogP contribution < -0.4 is 16.8 Å². The summed E-state index contributed by atoms with van der Waals surface area (Å²) in [5.41, 5.74) is 0. The average molecular weight is 449 g/mol. The third kappa shape index (κ3) is 3770. The number of hydrogen-bond donors (Lipinski definition) is 0. The number of rotatable bonds is 0. The van der Waals surface area contributed by atoms with Gasteiger partial charge in [0.15, 0.2) is 0 Å². The van der Waals surface area contributed by atoms with Gasteiger partial charge in [-0.15, -0.1) is 0 Å². The molecule has 15 heteroatoms. The van der Waals surface area contributed by atoms with Crippen molar-refractivity contribution >= 4 is 26.7 Å². The van der Waals surface area contributed by atoms with Crippen LogP contribution in [0.3, 0.4) is 0 Å². The third-order valence-corrected chi connectivity index (χ3v) is 0. The van der Waals surface area contributed by atoms with Crippen LogP contribution in [0.2, 0.25) is 0 Å². The standard InChI is InChI=1S/2H2O4Se.4H2O.Zr/c2*1-5(2,3)4;;;;;/h2*(H2,1,2,3,4);4*1H2;/q;;;;;;+4/p-4. The van der Waals surface area contributed by atoms with Crippen LogP contribution in [0.5, 0.6) is 0 Å². The molecular formula is H8O12Se2Zr. The van der Waals surface area contributed by atoms with Crippen molar-refractivity contribution in [3.8, 4) is 0 Å². The molecule has 0 saturated carbocycles. The predicted octanol–water partition coefficient (Wildman–Crippen LogP) is -9.29. The molecule has 0 amide bonds. The Hall–Kier alpha value is 0.802. The van der Waals surface area contributed by atoms with E-state index in [9.17, 15) is 0 Å². The van der Waals surface area contributed by atoms with Gasteiger partial charge in [-0.1, -0.05) is 0 Å². The van der Waals surface area contributed by atoms with Gasteiger partial charge in [0, 0.05) is 0 Å². The minimum Gasteiger partial charge on any atom is 4.00 e. The van der Waals surface area contributed by atoms with Gasteiger partial charge in [-0.2, -0.15) is 0 Å². The van der Waals surface area contributed by atoms with Gasteiger partial charge >= 0.3 is 85.0 Å². The zero-order chi connectivity index (χ0) is 9.00. The maximum atomic E-state index is 8.59. The SMILES string of the molecule is O.O.O.O.O=[Se](=O)([O-])[O-].O=[Se](=O)([O-])[O-].[Zr+4]. The zero-order valence-electron chi connectivity index (χ0n) is 6.58. The smallest absolute Gasteiger partial charge is 4.00 e. The summed E-state index contributed by atoms with van der Waals surface area (Å²) in [5.74, 6) is 0. The summed E-state index contributed by atoms with van der Waals surface area (Å²) in [6, 6.07) is 0. The second kappa shape index (κ2) is 17.2. The summed E-state index contributed by atoms with van der Waals surface area (Å²) in [7, 11) is 0. The average Bonchev–Trinajstić information content (AvgIpc) is 1.12. The number of hydrogen-bond acceptors (Lipinski definition) is 8. The van der Waals surface area contributed by atoms with Crippen molar-refractivity contribution in [2.45, 2.75) is 0 Å². The van der Waals surface area contributed by atoms with Gasteiger partial charge in [-0.25, -0.2) is 0 Å². The van der Waals surface area contributed by atoms with E-state index in [2.05, 4.69) is 0 Å². The molecule has 0 aliphatic rings. The van der Waals surface area contributed by atoms with Crippen LogP contribution in [0, 0.1) is 0 Å². The molecular weight excluding hydrogens is 441 g/mol.